The van der Waals surface area contributed by atoms with E-state index in [1.54, 1.807) is 0 Å². The van der Waals surface area contributed by atoms with Crippen molar-refractivity contribution in [1.82, 2.24) is 10.2 Å². The Bertz CT molecular complexity index is 325. The van der Waals surface area contributed by atoms with E-state index in [1.165, 1.54) is 6.92 Å². The molecule has 1 heterocycles. The number of nitrogens with zero attached hydrogens (tertiary/aromatic N) is 1. The van der Waals surface area contributed by atoms with Gasteiger partial charge in [-0.05, 0) is 12.8 Å². The highest BCUT2D eigenvalue weighted by Gasteiger charge is 2.33. The van der Waals surface area contributed by atoms with Gasteiger partial charge in [-0.15, -0.1) is 0 Å². The van der Waals surface area contributed by atoms with Crippen molar-refractivity contribution >= 4 is 11.9 Å². The molecule has 0 saturated carbocycles. The maximum atomic E-state index is 12.5. The van der Waals surface area contributed by atoms with E-state index in [2.05, 4.69) is 24.1 Å². The molecule has 2 N–H and O–H groups in total. The molecule has 1 fully saturated rings. The number of carbonyl (C=O) groups excluding carboxylic acids is 1. The van der Waals surface area contributed by atoms with Crippen LogP contribution >= 0.6 is 0 Å². The number of carbonyl (C=O) groups is 2. The number of hydrogen-bond acceptors (Lipinski definition) is 4. The number of hydrogen-bond donors (Lipinski definition) is 2. The van der Waals surface area contributed by atoms with E-state index in [0.29, 0.717) is 13.2 Å². The minimum atomic E-state index is -1.01. The van der Waals surface area contributed by atoms with Crippen LogP contribution in [0.25, 0.3) is 0 Å². The van der Waals surface area contributed by atoms with Gasteiger partial charge in [0.25, 0.3) is 0 Å². The molecular weight excluding hydrogens is 260 g/mol. The predicted molar refractivity (Wildman–Crippen MR) is 75.5 cm³/mol. The number of nitrogens with one attached hydrogen (secondary N) is 1. The highest BCUT2D eigenvalue weighted by Crippen LogP contribution is 2.20. The van der Waals surface area contributed by atoms with Gasteiger partial charge < -0.3 is 15.2 Å². The lowest BCUT2D eigenvalue weighted by molar-refractivity contribution is -0.143. The molecule has 0 aromatic carbocycles. The summed E-state index contributed by atoms with van der Waals surface area (Å²) < 4.78 is 5.33. The summed E-state index contributed by atoms with van der Waals surface area (Å²) in [6, 6.07) is -1.13. The van der Waals surface area contributed by atoms with E-state index >= 15 is 0 Å². The van der Waals surface area contributed by atoms with Crippen LogP contribution < -0.4 is 5.32 Å². The molecule has 116 valence electrons. The van der Waals surface area contributed by atoms with E-state index in [0.717, 1.165) is 25.9 Å². The van der Waals surface area contributed by atoms with Crippen molar-refractivity contribution in [3.05, 3.63) is 0 Å². The van der Waals surface area contributed by atoms with Crippen LogP contribution in [0.2, 0.25) is 0 Å². The zero-order valence-electron chi connectivity index (χ0n) is 12.6. The SMILES string of the molecule is CCC(CC)C(C(=O)N[C@@H](C)C(=O)O)N1CCOCC1. The molecule has 1 aliphatic rings. The average molecular weight is 286 g/mol. The van der Waals surface area contributed by atoms with Gasteiger partial charge in [0.1, 0.15) is 6.04 Å². The van der Waals surface area contributed by atoms with E-state index in [1.807, 2.05) is 0 Å². The molecule has 1 unspecified atom stereocenters. The third kappa shape index (κ3) is 4.45. The van der Waals surface area contributed by atoms with Gasteiger partial charge in [-0.2, -0.15) is 0 Å². The molecule has 6 nitrogen and oxygen atoms in total. The first-order valence-corrected chi connectivity index (χ1v) is 7.36. The summed E-state index contributed by atoms with van der Waals surface area (Å²) in [6.45, 7) is 8.30. The number of carboxylic acids is 1. The van der Waals surface area contributed by atoms with Crippen molar-refractivity contribution in [2.75, 3.05) is 26.3 Å². The normalized spacial score (nSPS) is 19.6. The smallest absolute Gasteiger partial charge is 0.325 e. The van der Waals surface area contributed by atoms with Gasteiger partial charge in [-0.1, -0.05) is 26.7 Å². The molecule has 20 heavy (non-hydrogen) atoms. The number of morpholine rings is 1. The van der Waals surface area contributed by atoms with Gasteiger partial charge in [0.15, 0.2) is 0 Å². The van der Waals surface area contributed by atoms with Crippen molar-refractivity contribution in [3.63, 3.8) is 0 Å². The van der Waals surface area contributed by atoms with E-state index in [9.17, 15) is 9.59 Å². The second-order valence-electron chi connectivity index (χ2n) is 5.24. The molecule has 6 heteroatoms. The fourth-order valence-corrected chi connectivity index (χ4v) is 2.63. The van der Waals surface area contributed by atoms with Crippen molar-refractivity contribution in [1.29, 1.82) is 0 Å². The lowest BCUT2D eigenvalue weighted by Gasteiger charge is -2.37. The number of amides is 1. The van der Waals surface area contributed by atoms with Gasteiger partial charge in [0.05, 0.1) is 19.3 Å². The van der Waals surface area contributed by atoms with Crippen LogP contribution in [0.1, 0.15) is 33.6 Å². The Balaban J connectivity index is 2.79. The molecule has 1 amide bonds. The number of rotatable bonds is 7. The Hall–Kier alpha value is -1.14. The monoisotopic (exact) mass is 286 g/mol. The summed E-state index contributed by atoms with van der Waals surface area (Å²) in [6.07, 6.45) is 1.79. The van der Waals surface area contributed by atoms with Crippen LogP contribution in [0, 0.1) is 5.92 Å². The van der Waals surface area contributed by atoms with E-state index in [-0.39, 0.29) is 17.9 Å². The minimum absolute atomic E-state index is 0.185. The molecule has 2 atom stereocenters. The van der Waals surface area contributed by atoms with Crippen molar-refractivity contribution in [2.45, 2.75) is 45.7 Å². The first-order chi connectivity index (χ1) is 9.51. The third-order valence-electron chi connectivity index (χ3n) is 3.93. The largest absolute Gasteiger partial charge is 0.480 e. The molecule has 0 aliphatic carbocycles. The third-order valence-corrected chi connectivity index (χ3v) is 3.93. The summed E-state index contributed by atoms with van der Waals surface area (Å²) in [5.41, 5.74) is 0. The zero-order valence-corrected chi connectivity index (χ0v) is 12.6. The summed E-state index contributed by atoms with van der Waals surface area (Å²) >= 11 is 0. The highest BCUT2D eigenvalue weighted by molar-refractivity contribution is 5.87. The van der Waals surface area contributed by atoms with Gasteiger partial charge in [-0.25, -0.2) is 0 Å². The van der Waals surface area contributed by atoms with Crippen LogP contribution in [-0.2, 0) is 14.3 Å². The second kappa shape index (κ2) is 8.21. The van der Waals surface area contributed by atoms with Crippen LogP contribution in [0.5, 0.6) is 0 Å². The van der Waals surface area contributed by atoms with Crippen LogP contribution in [0.15, 0.2) is 0 Å². The van der Waals surface area contributed by atoms with Crippen molar-refractivity contribution in [3.8, 4) is 0 Å². The Morgan fingerprint density at radius 2 is 1.80 bits per heavy atom. The summed E-state index contributed by atoms with van der Waals surface area (Å²) in [5.74, 6) is -0.965. The molecule has 0 radical (unpaired) electrons. The quantitative estimate of drug-likeness (QED) is 0.721. The van der Waals surface area contributed by atoms with Crippen LogP contribution in [0.3, 0.4) is 0 Å². The number of aliphatic carboxylic acids is 1. The Kier molecular flexibility index (Phi) is 6.95. The number of ether oxygens (including phenoxy) is 1. The lowest BCUT2D eigenvalue weighted by atomic mass is 9.91. The average Bonchev–Trinajstić information content (AvgIpc) is 2.45. The van der Waals surface area contributed by atoms with Gasteiger partial charge >= 0.3 is 5.97 Å². The van der Waals surface area contributed by atoms with Crippen molar-refractivity contribution < 1.29 is 19.4 Å². The molecule has 0 aromatic heterocycles. The molecule has 1 rings (SSSR count). The number of carboxylic acid groups (broad SMARTS) is 1. The van der Waals surface area contributed by atoms with Crippen molar-refractivity contribution in [2.24, 2.45) is 5.92 Å². The van der Waals surface area contributed by atoms with E-state index < -0.39 is 12.0 Å². The summed E-state index contributed by atoms with van der Waals surface area (Å²) in [4.78, 5) is 25.5. The minimum Gasteiger partial charge on any atom is -0.480 e. The van der Waals surface area contributed by atoms with Crippen LogP contribution in [0.4, 0.5) is 0 Å². The fourth-order valence-electron chi connectivity index (χ4n) is 2.63. The molecule has 1 saturated heterocycles. The summed E-state index contributed by atoms with van der Waals surface area (Å²) in [5, 5.41) is 11.5. The molecule has 0 bridgehead atoms. The Morgan fingerprint density at radius 1 is 1.25 bits per heavy atom. The maximum Gasteiger partial charge on any atom is 0.325 e. The summed E-state index contributed by atoms with van der Waals surface area (Å²) in [7, 11) is 0. The Morgan fingerprint density at radius 3 is 2.25 bits per heavy atom. The molecule has 0 aromatic rings. The van der Waals surface area contributed by atoms with E-state index in [4.69, 9.17) is 9.84 Å². The van der Waals surface area contributed by atoms with Gasteiger partial charge in [0, 0.05) is 13.1 Å². The lowest BCUT2D eigenvalue weighted by Crippen LogP contribution is -2.56. The molecular formula is C14H26N2O4. The maximum absolute atomic E-state index is 12.5. The Labute approximate surface area is 120 Å². The fraction of sp³-hybridized carbons (Fsp3) is 0.857. The van der Waals surface area contributed by atoms with Crippen LogP contribution in [-0.4, -0.2) is 60.3 Å². The second-order valence-corrected chi connectivity index (χ2v) is 5.24. The first-order valence-electron chi connectivity index (χ1n) is 7.36. The predicted octanol–water partition coefficient (Wildman–Crippen LogP) is 0.713. The molecule has 0 spiro atoms. The zero-order chi connectivity index (χ0) is 15.1. The van der Waals surface area contributed by atoms with Gasteiger partial charge in [-0.3, -0.25) is 14.5 Å². The van der Waals surface area contributed by atoms with Gasteiger partial charge in [0.2, 0.25) is 5.91 Å². The first kappa shape index (κ1) is 16.9. The standard InChI is InChI=1S/C14H26N2O4/c1-4-11(5-2)12(16-6-8-20-9-7-16)13(17)15-10(3)14(18)19/h10-12H,4-9H2,1-3H3,(H,15,17)(H,18,19)/t10-,12?/m0/s1. The molecule has 1 aliphatic heterocycles. The topological polar surface area (TPSA) is 78.9 Å². The highest BCUT2D eigenvalue weighted by atomic mass is 16.5.